The van der Waals surface area contributed by atoms with Gasteiger partial charge in [-0.1, -0.05) is 30.3 Å². The highest BCUT2D eigenvalue weighted by Crippen LogP contribution is 2.28. The van der Waals surface area contributed by atoms with E-state index in [9.17, 15) is 9.59 Å². The zero-order valence-electron chi connectivity index (χ0n) is 16.6. The van der Waals surface area contributed by atoms with Crippen LogP contribution in [0.5, 0.6) is 0 Å². The lowest BCUT2D eigenvalue weighted by atomic mass is 9.99. The summed E-state index contributed by atoms with van der Waals surface area (Å²) in [6, 6.07) is 17.9. The van der Waals surface area contributed by atoms with Crippen molar-refractivity contribution in [3.05, 3.63) is 65.9 Å². The van der Waals surface area contributed by atoms with Crippen LogP contribution in [0.2, 0.25) is 0 Å². The molecule has 0 N–H and O–H groups in total. The van der Waals surface area contributed by atoms with Crippen molar-refractivity contribution in [1.82, 2.24) is 14.8 Å². The highest BCUT2D eigenvalue weighted by Gasteiger charge is 2.25. The van der Waals surface area contributed by atoms with Crippen LogP contribution in [0.4, 0.5) is 4.79 Å². The Hall–Kier alpha value is -3.41. The minimum absolute atomic E-state index is 0.0173. The van der Waals surface area contributed by atoms with Crippen molar-refractivity contribution in [3.63, 3.8) is 0 Å². The van der Waals surface area contributed by atoms with Crippen LogP contribution in [0.15, 0.2) is 54.6 Å². The number of hydrogen-bond donors (Lipinski definition) is 0. The summed E-state index contributed by atoms with van der Waals surface area (Å²) in [6.07, 6.45) is -0.346. The highest BCUT2D eigenvalue weighted by atomic mass is 16.5. The van der Waals surface area contributed by atoms with Gasteiger partial charge in [0.25, 0.3) is 5.91 Å². The first-order chi connectivity index (χ1) is 14.1. The molecule has 1 aliphatic rings. The zero-order valence-corrected chi connectivity index (χ0v) is 16.6. The molecule has 1 aromatic heterocycles. The van der Waals surface area contributed by atoms with Crippen molar-refractivity contribution in [1.29, 1.82) is 0 Å². The second-order valence-electron chi connectivity index (χ2n) is 7.15. The van der Waals surface area contributed by atoms with Crippen LogP contribution in [0.3, 0.4) is 0 Å². The number of carbonyl (C=O) groups excluding carboxylic acids is 2. The molecule has 4 rings (SSSR count). The molecule has 0 bridgehead atoms. The predicted molar refractivity (Wildman–Crippen MR) is 112 cm³/mol. The Morgan fingerprint density at radius 2 is 1.59 bits per heavy atom. The maximum atomic E-state index is 12.8. The SMILES string of the molecule is COC(=O)N1CCN(C(=O)c2ccc(-c3cccc4nc(C)ccc34)cc2)CC1. The molecule has 6 heteroatoms. The molecule has 148 valence electrons. The van der Waals surface area contributed by atoms with Crippen molar-refractivity contribution in [2.24, 2.45) is 0 Å². The molecular weight excluding hydrogens is 366 g/mol. The third-order valence-electron chi connectivity index (χ3n) is 5.31. The summed E-state index contributed by atoms with van der Waals surface area (Å²) in [5, 5.41) is 1.09. The second kappa shape index (κ2) is 7.91. The maximum Gasteiger partial charge on any atom is 0.409 e. The predicted octanol–water partition coefficient (Wildman–Crippen LogP) is 3.73. The first kappa shape index (κ1) is 18.9. The van der Waals surface area contributed by atoms with Gasteiger partial charge in [0.1, 0.15) is 0 Å². The average Bonchev–Trinajstić information content (AvgIpc) is 2.77. The van der Waals surface area contributed by atoms with Gasteiger partial charge in [0.2, 0.25) is 0 Å². The number of aryl methyl sites for hydroxylation is 1. The summed E-state index contributed by atoms with van der Waals surface area (Å²) in [6.45, 7) is 3.96. The van der Waals surface area contributed by atoms with Crippen molar-refractivity contribution in [3.8, 4) is 11.1 Å². The minimum Gasteiger partial charge on any atom is -0.453 e. The van der Waals surface area contributed by atoms with Crippen LogP contribution in [0.1, 0.15) is 16.1 Å². The third-order valence-corrected chi connectivity index (χ3v) is 5.31. The molecule has 0 aliphatic carbocycles. The van der Waals surface area contributed by atoms with Crippen LogP contribution in [0, 0.1) is 6.92 Å². The molecule has 0 saturated carbocycles. The van der Waals surface area contributed by atoms with E-state index in [1.807, 2.05) is 49.4 Å². The molecule has 29 heavy (non-hydrogen) atoms. The quantitative estimate of drug-likeness (QED) is 0.670. The lowest BCUT2D eigenvalue weighted by Gasteiger charge is -2.33. The van der Waals surface area contributed by atoms with Crippen LogP contribution in [0.25, 0.3) is 22.0 Å². The fourth-order valence-electron chi connectivity index (χ4n) is 3.70. The van der Waals surface area contributed by atoms with Gasteiger partial charge in [0, 0.05) is 42.8 Å². The molecule has 1 saturated heterocycles. The monoisotopic (exact) mass is 389 g/mol. The van der Waals surface area contributed by atoms with Crippen molar-refractivity contribution >= 4 is 22.9 Å². The summed E-state index contributed by atoms with van der Waals surface area (Å²) < 4.78 is 4.74. The number of fused-ring (bicyclic) bond motifs is 1. The number of ether oxygens (including phenoxy) is 1. The van der Waals surface area contributed by atoms with Gasteiger partial charge in [-0.2, -0.15) is 0 Å². The van der Waals surface area contributed by atoms with Gasteiger partial charge in [0.15, 0.2) is 0 Å². The third kappa shape index (κ3) is 3.78. The maximum absolute atomic E-state index is 12.8. The molecule has 3 aromatic rings. The molecule has 6 nitrogen and oxygen atoms in total. The van der Waals surface area contributed by atoms with E-state index in [-0.39, 0.29) is 12.0 Å². The lowest BCUT2D eigenvalue weighted by Crippen LogP contribution is -2.50. The Kier molecular flexibility index (Phi) is 5.16. The van der Waals surface area contributed by atoms with E-state index in [1.165, 1.54) is 7.11 Å². The standard InChI is InChI=1S/C23H23N3O3/c1-16-6-11-20-19(4-3-5-21(20)24-16)17-7-9-18(10-8-17)22(27)25-12-14-26(15-13-25)23(28)29-2/h3-11H,12-15H2,1-2H3. The van der Waals surface area contributed by atoms with Crippen LogP contribution >= 0.6 is 0 Å². The smallest absolute Gasteiger partial charge is 0.409 e. The van der Waals surface area contributed by atoms with E-state index < -0.39 is 0 Å². The minimum atomic E-state index is -0.346. The van der Waals surface area contributed by atoms with Gasteiger partial charge < -0.3 is 14.5 Å². The normalized spacial score (nSPS) is 14.1. The second-order valence-corrected chi connectivity index (χ2v) is 7.15. The number of aromatic nitrogens is 1. The molecular formula is C23H23N3O3. The summed E-state index contributed by atoms with van der Waals surface area (Å²) in [4.78, 5) is 32.4. The number of carbonyl (C=O) groups is 2. The van der Waals surface area contributed by atoms with E-state index in [1.54, 1.807) is 9.80 Å². The van der Waals surface area contributed by atoms with Crippen LogP contribution in [-0.2, 0) is 4.74 Å². The van der Waals surface area contributed by atoms with Crippen LogP contribution < -0.4 is 0 Å². The summed E-state index contributed by atoms with van der Waals surface area (Å²) in [7, 11) is 1.37. The lowest BCUT2D eigenvalue weighted by molar-refractivity contribution is 0.0599. The number of rotatable bonds is 2. The molecule has 2 amide bonds. The van der Waals surface area contributed by atoms with Crippen LogP contribution in [-0.4, -0.2) is 60.1 Å². The van der Waals surface area contributed by atoms with Crippen molar-refractivity contribution < 1.29 is 14.3 Å². The number of piperazine rings is 1. The van der Waals surface area contributed by atoms with Crippen molar-refractivity contribution in [2.45, 2.75) is 6.92 Å². The Morgan fingerprint density at radius 1 is 0.897 bits per heavy atom. The highest BCUT2D eigenvalue weighted by molar-refractivity contribution is 5.97. The Labute approximate surface area is 169 Å². The van der Waals surface area contributed by atoms with E-state index in [4.69, 9.17) is 4.74 Å². The zero-order chi connectivity index (χ0) is 20.4. The largest absolute Gasteiger partial charge is 0.453 e. The molecule has 1 aliphatic heterocycles. The Balaban J connectivity index is 1.52. The van der Waals surface area contributed by atoms with Gasteiger partial charge in [-0.15, -0.1) is 0 Å². The number of hydrogen-bond acceptors (Lipinski definition) is 4. The number of nitrogens with zero attached hydrogens (tertiary/aromatic N) is 3. The molecule has 0 unspecified atom stereocenters. The van der Waals surface area contributed by atoms with E-state index in [0.29, 0.717) is 31.7 Å². The average molecular weight is 389 g/mol. The molecule has 2 heterocycles. The van der Waals surface area contributed by atoms with Gasteiger partial charge in [-0.05, 0) is 42.3 Å². The first-order valence-electron chi connectivity index (χ1n) is 9.66. The van der Waals surface area contributed by atoms with Gasteiger partial charge in [-0.25, -0.2) is 4.79 Å². The Bertz CT molecular complexity index is 1050. The summed E-state index contributed by atoms with van der Waals surface area (Å²) in [5.41, 5.74) is 4.75. The van der Waals surface area contributed by atoms with Gasteiger partial charge >= 0.3 is 6.09 Å². The molecule has 0 radical (unpaired) electrons. The van der Waals surface area contributed by atoms with E-state index >= 15 is 0 Å². The summed E-state index contributed by atoms with van der Waals surface area (Å²) in [5.74, 6) is -0.0173. The molecule has 0 atom stereocenters. The number of benzene rings is 2. The fourth-order valence-corrected chi connectivity index (χ4v) is 3.70. The fraction of sp³-hybridized carbons (Fsp3) is 0.261. The Morgan fingerprint density at radius 3 is 2.28 bits per heavy atom. The number of amides is 2. The number of methoxy groups -OCH3 is 1. The first-order valence-corrected chi connectivity index (χ1v) is 9.66. The molecule has 1 fully saturated rings. The van der Waals surface area contributed by atoms with Crippen molar-refractivity contribution in [2.75, 3.05) is 33.3 Å². The van der Waals surface area contributed by atoms with Gasteiger partial charge in [0.05, 0.1) is 12.6 Å². The van der Waals surface area contributed by atoms with E-state index in [2.05, 4.69) is 17.1 Å². The van der Waals surface area contributed by atoms with Gasteiger partial charge in [-0.3, -0.25) is 9.78 Å². The van der Waals surface area contributed by atoms with E-state index in [0.717, 1.165) is 27.7 Å². The molecule has 2 aromatic carbocycles. The molecule has 0 spiro atoms. The number of pyridine rings is 1. The topological polar surface area (TPSA) is 62.7 Å². The summed E-state index contributed by atoms with van der Waals surface area (Å²) >= 11 is 0.